The van der Waals surface area contributed by atoms with Crippen molar-refractivity contribution >= 4 is 43.6 Å². The van der Waals surface area contributed by atoms with Crippen molar-refractivity contribution in [2.24, 2.45) is 28.2 Å². The van der Waals surface area contributed by atoms with Crippen molar-refractivity contribution in [3.63, 3.8) is 0 Å². The first-order valence-electron chi connectivity index (χ1n) is 33.6. The first kappa shape index (κ1) is 65.6. The number of nitrogens with zero attached hydrogens (tertiary/aromatic N) is 16. The monoisotopic (exact) mass is 1300 g/mol. The van der Waals surface area contributed by atoms with Crippen LogP contribution in [0.5, 0.6) is 0 Å². The first-order chi connectivity index (χ1) is 48.4. The molecule has 0 aliphatic carbocycles. The third kappa shape index (κ3) is 16.3. The van der Waals surface area contributed by atoms with Gasteiger partial charge in [0.25, 0.3) is 0 Å². The summed E-state index contributed by atoms with van der Waals surface area (Å²) in [6, 6.07) is 73.6. The first-order valence-corrected chi connectivity index (χ1v) is 33.6. The van der Waals surface area contributed by atoms with Crippen LogP contribution in [0.4, 0.5) is 0 Å². The van der Waals surface area contributed by atoms with Crippen molar-refractivity contribution in [3.8, 4) is 45.0 Å². The van der Waals surface area contributed by atoms with Gasteiger partial charge in [0.2, 0.25) is 0 Å². The van der Waals surface area contributed by atoms with Crippen molar-refractivity contribution in [1.82, 2.24) is 78.1 Å². The summed E-state index contributed by atoms with van der Waals surface area (Å²) < 4.78 is 8.37. The summed E-state index contributed by atoms with van der Waals surface area (Å²) in [4.78, 5) is 56.3. The molecule has 0 aliphatic rings. The third-order valence-electron chi connectivity index (χ3n) is 17.5. The van der Waals surface area contributed by atoms with Crippen LogP contribution in [-0.4, -0.2) is 78.1 Å². The normalized spacial score (nSPS) is 11.1. The Kier molecular flexibility index (Phi) is 20.4. The molecule has 0 radical (unpaired) electrons. The molecule has 99 heavy (non-hydrogen) atoms. The van der Waals surface area contributed by atoms with Gasteiger partial charge < -0.3 is 18.3 Å². The fourth-order valence-electron chi connectivity index (χ4n) is 12.2. The number of aryl methyl sites for hydroxylation is 15. The average Bonchev–Trinajstić information content (AvgIpc) is 1.76. The van der Waals surface area contributed by atoms with E-state index in [0.29, 0.717) is 0 Å². The Hall–Kier alpha value is -12.0. The highest BCUT2D eigenvalue weighted by atomic mass is 15.1. The zero-order chi connectivity index (χ0) is 68.0. The highest BCUT2D eigenvalue weighted by molar-refractivity contribution is 5.82. The van der Waals surface area contributed by atoms with Crippen LogP contribution < -0.4 is 0 Å². The number of hydrogen-bond acceptors (Lipinski definition) is 12. The maximum absolute atomic E-state index is 4.79. The quantitative estimate of drug-likeness (QED) is 0.0897. The molecule has 16 heteroatoms. The van der Waals surface area contributed by atoms with E-state index in [-0.39, 0.29) is 0 Å². The molecule has 8 aromatic carbocycles. The van der Waals surface area contributed by atoms with Crippen LogP contribution in [0.2, 0.25) is 0 Å². The van der Waals surface area contributed by atoms with Crippen LogP contribution in [0.25, 0.3) is 88.6 Å². The SMILES string of the molecule is Cc1nc(CCc2nc(-c3ccccc3)cn2C)nc2ccccc12.Cc1nc(CCc2nc(-c3ccccc3)cn2C)nc2ccccc12.Cc1nc(CCc2nc(-c3ccccc3)cn2C)nc2ccccc12.Cn1cc(-c2ccccc2)nc1CCc1ncc2ccccc2n1. The molecule has 16 nitrogen and oxygen atoms in total. The van der Waals surface area contributed by atoms with E-state index >= 15 is 0 Å². The molecule has 0 unspecified atom stereocenters. The van der Waals surface area contributed by atoms with E-state index in [0.717, 1.165) is 204 Å². The zero-order valence-electron chi connectivity index (χ0n) is 57.0. The van der Waals surface area contributed by atoms with E-state index in [9.17, 15) is 0 Å². The number of benzene rings is 8. The number of aromatic nitrogens is 16. The predicted molar refractivity (Wildman–Crippen MR) is 397 cm³/mol. The van der Waals surface area contributed by atoms with Gasteiger partial charge in [-0.2, -0.15) is 0 Å². The fourth-order valence-corrected chi connectivity index (χ4v) is 12.2. The lowest BCUT2D eigenvalue weighted by Crippen LogP contribution is -2.04. The summed E-state index contributed by atoms with van der Waals surface area (Å²) in [7, 11) is 8.17. The van der Waals surface area contributed by atoms with Crippen LogP contribution in [0, 0.1) is 20.8 Å². The number of imidazole rings is 4. The lowest BCUT2D eigenvalue weighted by Gasteiger charge is -2.05. The molecule has 16 aromatic rings. The second kappa shape index (κ2) is 30.8. The minimum atomic E-state index is 0.782. The molecule has 0 amide bonds. The lowest BCUT2D eigenvalue weighted by atomic mass is 10.2. The van der Waals surface area contributed by atoms with Gasteiger partial charge in [0.1, 0.15) is 46.6 Å². The molecule has 0 saturated heterocycles. The van der Waals surface area contributed by atoms with Gasteiger partial charge in [0, 0.05) is 171 Å². The Balaban J connectivity index is 0.000000119. The van der Waals surface area contributed by atoms with Crippen molar-refractivity contribution < 1.29 is 0 Å². The smallest absolute Gasteiger partial charge is 0.129 e. The number of fused-ring (bicyclic) bond motifs is 4. The summed E-state index contributed by atoms with van der Waals surface area (Å²) in [5, 5.41) is 4.43. The van der Waals surface area contributed by atoms with Gasteiger partial charge in [-0.3, -0.25) is 0 Å². The molecule has 0 bridgehead atoms. The maximum atomic E-state index is 4.79. The Morgan fingerprint density at radius 3 is 0.808 bits per heavy atom. The van der Waals surface area contributed by atoms with Gasteiger partial charge in [-0.1, -0.05) is 194 Å². The summed E-state index contributed by atoms with van der Waals surface area (Å²) in [6.07, 6.45) is 16.6. The molecule has 0 saturated carbocycles. The van der Waals surface area contributed by atoms with Crippen LogP contribution in [0.3, 0.4) is 0 Å². The average molecular weight is 1300 g/mol. The van der Waals surface area contributed by atoms with E-state index in [1.807, 2.05) is 207 Å². The standard InChI is InChI=1S/3C21H20N4.C20H18N4/c3*1-15-17-10-6-7-11-18(17)23-20(22-15)12-13-21-24-19(14-25(21)2)16-8-4-3-5-9-16;1-24-14-18(15-7-3-2-4-8-15)23-20(24)12-11-19-21-13-16-9-5-6-10-17(16)22-19/h3*3-11,14H,12-13H2,1-2H3;2-10,13-14H,11-12H2,1H3. The van der Waals surface area contributed by atoms with Crippen LogP contribution in [-0.2, 0) is 79.6 Å². The van der Waals surface area contributed by atoms with Crippen LogP contribution in [0.15, 0.2) is 249 Å². The molecule has 0 aliphatic heterocycles. The predicted octanol–water partition coefficient (Wildman–Crippen LogP) is 16.2. The molecular weight excluding hydrogens is 1220 g/mol. The summed E-state index contributed by atoms with van der Waals surface area (Å²) in [5.74, 6) is 7.68. The van der Waals surface area contributed by atoms with Crippen molar-refractivity contribution in [1.29, 1.82) is 0 Å². The number of hydrogen-bond donors (Lipinski definition) is 0. The van der Waals surface area contributed by atoms with Gasteiger partial charge in [0.05, 0.1) is 44.8 Å². The van der Waals surface area contributed by atoms with Gasteiger partial charge in [-0.15, -0.1) is 0 Å². The molecule has 8 heterocycles. The lowest BCUT2D eigenvalue weighted by molar-refractivity contribution is 0.748. The van der Waals surface area contributed by atoms with E-state index < -0.39 is 0 Å². The highest BCUT2D eigenvalue weighted by Crippen LogP contribution is 2.25. The summed E-state index contributed by atoms with van der Waals surface area (Å²) >= 11 is 0. The second-order valence-corrected chi connectivity index (χ2v) is 24.6. The van der Waals surface area contributed by atoms with Crippen molar-refractivity contribution in [2.75, 3.05) is 0 Å². The number of para-hydroxylation sites is 4. The van der Waals surface area contributed by atoms with E-state index in [2.05, 4.69) is 135 Å². The minimum Gasteiger partial charge on any atom is -0.337 e. The van der Waals surface area contributed by atoms with Crippen molar-refractivity contribution in [2.45, 2.75) is 72.1 Å². The highest BCUT2D eigenvalue weighted by Gasteiger charge is 2.15. The molecule has 0 N–H and O–H groups in total. The van der Waals surface area contributed by atoms with Crippen molar-refractivity contribution in [3.05, 3.63) is 313 Å². The Morgan fingerprint density at radius 2 is 0.495 bits per heavy atom. The Morgan fingerprint density at radius 1 is 0.242 bits per heavy atom. The fraction of sp³-hybridized carbons (Fsp3) is 0.181. The maximum Gasteiger partial charge on any atom is 0.129 e. The van der Waals surface area contributed by atoms with Gasteiger partial charge in [-0.05, 0) is 45.0 Å². The Bertz CT molecular complexity index is 4970. The topological polar surface area (TPSA) is 174 Å². The second-order valence-electron chi connectivity index (χ2n) is 24.6. The zero-order valence-corrected chi connectivity index (χ0v) is 57.0. The van der Waals surface area contributed by atoms with E-state index in [1.54, 1.807) is 0 Å². The molecule has 0 spiro atoms. The molecule has 490 valence electrons. The molecule has 0 atom stereocenters. The largest absolute Gasteiger partial charge is 0.337 e. The molecule has 8 aromatic heterocycles. The summed E-state index contributed by atoms with van der Waals surface area (Å²) in [5.41, 5.74) is 15.7. The molecule has 0 fully saturated rings. The van der Waals surface area contributed by atoms with Gasteiger partial charge in [0.15, 0.2) is 0 Å². The minimum absolute atomic E-state index is 0.782. The van der Waals surface area contributed by atoms with Crippen LogP contribution >= 0.6 is 0 Å². The van der Waals surface area contributed by atoms with Gasteiger partial charge >= 0.3 is 0 Å². The third-order valence-corrected chi connectivity index (χ3v) is 17.5. The van der Waals surface area contributed by atoms with E-state index in [1.165, 1.54) is 0 Å². The molecule has 16 rings (SSSR count). The van der Waals surface area contributed by atoms with Gasteiger partial charge in [-0.25, -0.2) is 59.8 Å². The number of rotatable bonds is 16. The Labute approximate surface area is 577 Å². The van der Waals surface area contributed by atoms with E-state index in [4.69, 9.17) is 34.9 Å². The molecular formula is C83H78N16. The van der Waals surface area contributed by atoms with Crippen LogP contribution in [0.1, 0.15) is 63.7 Å². The summed E-state index contributed by atoms with van der Waals surface area (Å²) in [6.45, 7) is 6.13.